The van der Waals surface area contributed by atoms with E-state index >= 15 is 0 Å². The smallest absolute Gasteiger partial charge is 0.199 e. The summed E-state index contributed by atoms with van der Waals surface area (Å²) in [6.45, 7) is 7.18. The van der Waals surface area contributed by atoms with Crippen LogP contribution in [0.4, 0.5) is 23.2 Å². The molecule has 0 radical (unpaired) electrons. The van der Waals surface area contributed by atoms with Gasteiger partial charge in [-0.2, -0.15) is 0 Å². The fourth-order valence-corrected chi connectivity index (χ4v) is 1.44. The molecule has 0 aliphatic heterocycles. The number of nitrogens with one attached hydrogen (secondary N) is 1. The molecule has 0 fully saturated rings. The maximum atomic E-state index is 13.3. The molecule has 5 heteroatoms. The molecular formula is C12H13F4N. The Labute approximate surface area is 97.1 Å². The van der Waals surface area contributed by atoms with Gasteiger partial charge in [-0.25, -0.2) is 17.6 Å². The van der Waals surface area contributed by atoms with Crippen molar-refractivity contribution in [2.75, 3.05) is 5.32 Å². The zero-order chi connectivity index (χ0) is 13.2. The van der Waals surface area contributed by atoms with Gasteiger partial charge in [-0.1, -0.05) is 19.1 Å². The van der Waals surface area contributed by atoms with Crippen LogP contribution in [0.2, 0.25) is 0 Å². The van der Waals surface area contributed by atoms with E-state index in [0.717, 1.165) is 0 Å². The number of rotatable bonds is 4. The molecule has 1 N–H and O–H groups in total. The molecule has 1 aromatic carbocycles. The standard InChI is InChI=1S/C12H13F4N/c1-4-8(6(2)3)17-9-5-7(13)10(14)12(16)11(9)15/h5,8,17H,2,4H2,1,3H3. The van der Waals surface area contributed by atoms with Crippen LogP contribution in [0, 0.1) is 23.3 Å². The van der Waals surface area contributed by atoms with E-state index in [2.05, 4.69) is 11.9 Å². The normalized spacial score (nSPS) is 12.4. The van der Waals surface area contributed by atoms with Crippen molar-refractivity contribution in [3.8, 4) is 0 Å². The van der Waals surface area contributed by atoms with E-state index in [9.17, 15) is 17.6 Å². The minimum absolute atomic E-state index is 0.325. The van der Waals surface area contributed by atoms with Gasteiger partial charge in [0.05, 0.1) is 5.69 Å². The number of anilines is 1. The minimum Gasteiger partial charge on any atom is -0.376 e. The van der Waals surface area contributed by atoms with Crippen molar-refractivity contribution in [2.45, 2.75) is 26.3 Å². The molecule has 0 aromatic heterocycles. The molecule has 0 bridgehead atoms. The van der Waals surface area contributed by atoms with Crippen LogP contribution in [-0.4, -0.2) is 6.04 Å². The number of halogens is 4. The van der Waals surface area contributed by atoms with E-state index < -0.39 is 29.0 Å². The first-order chi connectivity index (χ1) is 7.88. The third kappa shape index (κ3) is 2.78. The fourth-order valence-electron chi connectivity index (χ4n) is 1.44. The molecule has 94 valence electrons. The third-order valence-corrected chi connectivity index (χ3v) is 2.44. The Morgan fingerprint density at radius 2 is 1.82 bits per heavy atom. The van der Waals surface area contributed by atoms with E-state index in [1.54, 1.807) is 13.8 Å². The molecule has 0 saturated heterocycles. The van der Waals surface area contributed by atoms with E-state index in [0.29, 0.717) is 18.1 Å². The van der Waals surface area contributed by atoms with Crippen LogP contribution in [0.1, 0.15) is 20.3 Å². The van der Waals surface area contributed by atoms with Gasteiger partial charge in [-0.3, -0.25) is 0 Å². The van der Waals surface area contributed by atoms with Gasteiger partial charge in [0.1, 0.15) is 0 Å². The van der Waals surface area contributed by atoms with Crippen LogP contribution in [0.15, 0.2) is 18.2 Å². The van der Waals surface area contributed by atoms with E-state index in [-0.39, 0.29) is 6.04 Å². The first kappa shape index (κ1) is 13.5. The average molecular weight is 247 g/mol. The van der Waals surface area contributed by atoms with Gasteiger partial charge in [-0.15, -0.1) is 0 Å². The molecule has 0 aliphatic carbocycles. The molecule has 0 amide bonds. The van der Waals surface area contributed by atoms with Crippen molar-refractivity contribution in [1.29, 1.82) is 0 Å². The summed E-state index contributed by atoms with van der Waals surface area (Å²) in [5, 5.41) is 2.58. The Hall–Kier alpha value is -1.52. The molecular weight excluding hydrogens is 234 g/mol. The number of hydrogen-bond acceptors (Lipinski definition) is 1. The Morgan fingerprint density at radius 3 is 2.29 bits per heavy atom. The second-order valence-corrected chi connectivity index (χ2v) is 3.80. The van der Waals surface area contributed by atoms with E-state index in [4.69, 9.17) is 0 Å². The van der Waals surface area contributed by atoms with Gasteiger partial charge in [0.2, 0.25) is 0 Å². The highest BCUT2D eigenvalue weighted by Crippen LogP contribution is 2.24. The lowest BCUT2D eigenvalue weighted by molar-refractivity contribution is 0.410. The zero-order valence-corrected chi connectivity index (χ0v) is 9.58. The summed E-state index contributed by atoms with van der Waals surface area (Å²) in [7, 11) is 0. The van der Waals surface area contributed by atoms with Gasteiger partial charge >= 0.3 is 0 Å². The minimum atomic E-state index is -1.82. The molecule has 0 aliphatic rings. The highest BCUT2D eigenvalue weighted by Gasteiger charge is 2.20. The Morgan fingerprint density at radius 1 is 1.24 bits per heavy atom. The lowest BCUT2D eigenvalue weighted by Gasteiger charge is -2.19. The first-order valence-corrected chi connectivity index (χ1v) is 5.13. The average Bonchev–Trinajstić information content (AvgIpc) is 2.29. The first-order valence-electron chi connectivity index (χ1n) is 5.13. The second-order valence-electron chi connectivity index (χ2n) is 3.80. The van der Waals surface area contributed by atoms with Crippen LogP contribution < -0.4 is 5.32 Å². The van der Waals surface area contributed by atoms with Crippen LogP contribution in [0.5, 0.6) is 0 Å². The van der Waals surface area contributed by atoms with Crippen molar-refractivity contribution in [3.05, 3.63) is 41.5 Å². The fraction of sp³-hybridized carbons (Fsp3) is 0.333. The van der Waals surface area contributed by atoms with Gasteiger partial charge in [0.25, 0.3) is 0 Å². The lowest BCUT2D eigenvalue weighted by atomic mass is 10.1. The quantitative estimate of drug-likeness (QED) is 0.367. The van der Waals surface area contributed by atoms with Crippen molar-refractivity contribution in [1.82, 2.24) is 0 Å². The van der Waals surface area contributed by atoms with Gasteiger partial charge in [-0.05, 0) is 13.3 Å². The predicted octanol–water partition coefficient (Wildman–Crippen LogP) is 4.01. The van der Waals surface area contributed by atoms with Crippen LogP contribution in [-0.2, 0) is 0 Å². The number of hydrogen-bond donors (Lipinski definition) is 1. The molecule has 1 nitrogen and oxygen atoms in total. The lowest BCUT2D eigenvalue weighted by Crippen LogP contribution is -2.20. The van der Waals surface area contributed by atoms with Crippen molar-refractivity contribution in [3.63, 3.8) is 0 Å². The number of benzene rings is 1. The van der Waals surface area contributed by atoms with Crippen molar-refractivity contribution < 1.29 is 17.6 Å². The van der Waals surface area contributed by atoms with Crippen LogP contribution in [0.3, 0.4) is 0 Å². The summed E-state index contributed by atoms with van der Waals surface area (Å²) in [4.78, 5) is 0. The molecule has 1 unspecified atom stereocenters. The summed E-state index contributed by atoms with van der Waals surface area (Å²) in [6.07, 6.45) is 0.565. The predicted molar refractivity (Wildman–Crippen MR) is 58.8 cm³/mol. The third-order valence-electron chi connectivity index (χ3n) is 2.44. The largest absolute Gasteiger partial charge is 0.376 e. The molecule has 0 heterocycles. The van der Waals surface area contributed by atoms with Crippen LogP contribution >= 0.6 is 0 Å². The summed E-state index contributed by atoms with van der Waals surface area (Å²) in [5.74, 6) is -6.48. The molecule has 0 spiro atoms. The van der Waals surface area contributed by atoms with Crippen molar-refractivity contribution >= 4 is 5.69 Å². The van der Waals surface area contributed by atoms with Gasteiger partial charge in [0, 0.05) is 12.1 Å². The summed E-state index contributed by atoms with van der Waals surface area (Å²) in [5.41, 5.74) is 0.285. The molecule has 1 rings (SSSR count). The monoisotopic (exact) mass is 247 g/mol. The maximum Gasteiger partial charge on any atom is 0.199 e. The summed E-state index contributed by atoms with van der Waals surface area (Å²) >= 11 is 0. The summed E-state index contributed by atoms with van der Waals surface area (Å²) in [6, 6.07) is 0.271. The van der Waals surface area contributed by atoms with Crippen molar-refractivity contribution in [2.24, 2.45) is 0 Å². The Bertz CT molecular complexity index is 443. The van der Waals surface area contributed by atoms with Gasteiger partial charge in [0.15, 0.2) is 23.3 Å². The highest BCUT2D eigenvalue weighted by atomic mass is 19.2. The second kappa shape index (κ2) is 5.21. The Kier molecular flexibility index (Phi) is 4.15. The summed E-state index contributed by atoms with van der Waals surface area (Å²) < 4.78 is 51.9. The Balaban J connectivity index is 3.11. The topological polar surface area (TPSA) is 12.0 Å². The zero-order valence-electron chi connectivity index (χ0n) is 9.58. The SMILES string of the molecule is C=C(C)C(CC)Nc1cc(F)c(F)c(F)c1F. The maximum absolute atomic E-state index is 13.3. The van der Waals surface area contributed by atoms with Crippen LogP contribution in [0.25, 0.3) is 0 Å². The molecule has 1 atom stereocenters. The molecule has 17 heavy (non-hydrogen) atoms. The molecule has 1 aromatic rings. The highest BCUT2D eigenvalue weighted by molar-refractivity contribution is 5.48. The van der Waals surface area contributed by atoms with E-state index in [1.807, 2.05) is 0 Å². The van der Waals surface area contributed by atoms with Gasteiger partial charge < -0.3 is 5.32 Å². The van der Waals surface area contributed by atoms with E-state index in [1.165, 1.54) is 0 Å². The molecule has 0 saturated carbocycles.